The molecule has 20 heavy (non-hydrogen) atoms. The molecule has 5 heteroatoms. The number of para-hydroxylation sites is 1. The van der Waals surface area contributed by atoms with Gasteiger partial charge in [0.2, 0.25) is 0 Å². The van der Waals surface area contributed by atoms with Crippen molar-refractivity contribution in [2.24, 2.45) is 0 Å². The summed E-state index contributed by atoms with van der Waals surface area (Å²) in [5.74, 6) is 0.771. The Hall–Kier alpha value is -1.72. The normalized spacial score (nSPS) is 12.8. The first-order valence-electron chi connectivity index (χ1n) is 6.90. The number of nitrogens with zero attached hydrogens (tertiary/aromatic N) is 2. The fourth-order valence-electron chi connectivity index (χ4n) is 2.29. The molecule has 0 saturated heterocycles. The molecule has 1 N–H and O–H groups in total. The average Bonchev–Trinajstić information content (AvgIpc) is 2.47. The molecule has 1 unspecified atom stereocenters. The number of aromatic nitrogens is 2. The van der Waals surface area contributed by atoms with Crippen LogP contribution < -0.4 is 10.9 Å². The predicted octanol–water partition coefficient (Wildman–Crippen LogP) is 1.71. The SMILES string of the molecule is CCn1c(C(C)NCCOC)nc2ccccc2c1=O. The van der Waals surface area contributed by atoms with Crippen LogP contribution in [-0.4, -0.2) is 29.8 Å². The fraction of sp³-hybridized carbons (Fsp3) is 0.467. The molecule has 0 aliphatic carbocycles. The van der Waals surface area contributed by atoms with E-state index in [0.717, 1.165) is 17.9 Å². The zero-order valence-electron chi connectivity index (χ0n) is 12.2. The van der Waals surface area contributed by atoms with Crippen LogP contribution in [-0.2, 0) is 11.3 Å². The molecule has 2 rings (SSSR count). The van der Waals surface area contributed by atoms with Crippen LogP contribution in [0.3, 0.4) is 0 Å². The number of fused-ring (bicyclic) bond motifs is 1. The third-order valence-corrected chi connectivity index (χ3v) is 3.35. The minimum atomic E-state index is 0.00223. The van der Waals surface area contributed by atoms with Crippen LogP contribution in [0.4, 0.5) is 0 Å². The molecule has 0 saturated carbocycles. The Morgan fingerprint density at radius 1 is 1.40 bits per heavy atom. The summed E-state index contributed by atoms with van der Waals surface area (Å²) in [4.78, 5) is 17.1. The van der Waals surface area contributed by atoms with Crippen molar-refractivity contribution >= 4 is 10.9 Å². The topological polar surface area (TPSA) is 56.1 Å². The maximum absolute atomic E-state index is 12.5. The summed E-state index contributed by atoms with van der Waals surface area (Å²) >= 11 is 0. The highest BCUT2D eigenvalue weighted by Gasteiger charge is 2.14. The summed E-state index contributed by atoms with van der Waals surface area (Å²) in [6.45, 7) is 5.95. The lowest BCUT2D eigenvalue weighted by atomic mass is 10.2. The molecule has 0 amide bonds. The van der Waals surface area contributed by atoms with Gasteiger partial charge >= 0.3 is 0 Å². The monoisotopic (exact) mass is 275 g/mol. The van der Waals surface area contributed by atoms with E-state index in [9.17, 15) is 4.79 Å². The van der Waals surface area contributed by atoms with E-state index in [1.165, 1.54) is 0 Å². The van der Waals surface area contributed by atoms with E-state index in [1.807, 2.05) is 38.1 Å². The van der Waals surface area contributed by atoms with Crippen molar-refractivity contribution in [2.45, 2.75) is 26.4 Å². The van der Waals surface area contributed by atoms with E-state index >= 15 is 0 Å². The molecule has 1 aromatic heterocycles. The molecule has 108 valence electrons. The average molecular weight is 275 g/mol. The molecule has 0 spiro atoms. The molecule has 1 atom stereocenters. The Labute approximate surface area is 118 Å². The highest BCUT2D eigenvalue weighted by molar-refractivity contribution is 5.77. The standard InChI is InChI=1S/C15H21N3O2/c1-4-18-14(11(2)16-9-10-20-3)17-13-8-6-5-7-12(13)15(18)19/h5-8,11,16H,4,9-10H2,1-3H3. The zero-order chi connectivity index (χ0) is 14.5. The van der Waals surface area contributed by atoms with Gasteiger partial charge in [-0.3, -0.25) is 9.36 Å². The maximum atomic E-state index is 12.5. The largest absolute Gasteiger partial charge is 0.383 e. The van der Waals surface area contributed by atoms with Gasteiger partial charge in [0, 0.05) is 20.2 Å². The van der Waals surface area contributed by atoms with Crippen molar-refractivity contribution in [2.75, 3.05) is 20.3 Å². The van der Waals surface area contributed by atoms with Crippen molar-refractivity contribution in [3.8, 4) is 0 Å². The third kappa shape index (κ3) is 2.89. The second kappa shape index (κ2) is 6.63. The van der Waals surface area contributed by atoms with E-state index in [2.05, 4.69) is 10.3 Å². The molecule has 0 aliphatic rings. The molecule has 1 heterocycles. The van der Waals surface area contributed by atoms with Crippen LogP contribution in [0.5, 0.6) is 0 Å². The second-order valence-electron chi connectivity index (χ2n) is 4.71. The Kier molecular flexibility index (Phi) is 4.87. The Morgan fingerprint density at radius 3 is 2.85 bits per heavy atom. The highest BCUT2D eigenvalue weighted by atomic mass is 16.5. The fourth-order valence-corrected chi connectivity index (χ4v) is 2.29. The lowest BCUT2D eigenvalue weighted by Crippen LogP contribution is -2.32. The van der Waals surface area contributed by atoms with Crippen molar-refractivity contribution in [1.29, 1.82) is 0 Å². The molecular weight excluding hydrogens is 254 g/mol. The summed E-state index contributed by atoms with van der Waals surface area (Å²) in [7, 11) is 1.67. The summed E-state index contributed by atoms with van der Waals surface area (Å²) in [6, 6.07) is 7.47. The van der Waals surface area contributed by atoms with Crippen LogP contribution in [0, 0.1) is 0 Å². The number of hydrogen-bond donors (Lipinski definition) is 1. The quantitative estimate of drug-likeness (QED) is 0.815. The third-order valence-electron chi connectivity index (χ3n) is 3.35. The number of benzene rings is 1. The molecule has 5 nitrogen and oxygen atoms in total. The van der Waals surface area contributed by atoms with Crippen LogP contribution in [0.2, 0.25) is 0 Å². The number of methoxy groups -OCH3 is 1. The minimum absolute atomic E-state index is 0.00223. The summed E-state index contributed by atoms with van der Waals surface area (Å²) < 4.78 is 6.76. The van der Waals surface area contributed by atoms with E-state index in [1.54, 1.807) is 11.7 Å². The van der Waals surface area contributed by atoms with Gasteiger partial charge in [0.15, 0.2) is 0 Å². The first-order chi connectivity index (χ1) is 9.69. The highest BCUT2D eigenvalue weighted by Crippen LogP contribution is 2.13. The number of ether oxygens (including phenoxy) is 1. The zero-order valence-corrected chi connectivity index (χ0v) is 12.2. The molecule has 2 aromatic rings. The van der Waals surface area contributed by atoms with Gasteiger partial charge in [-0.05, 0) is 26.0 Å². The number of rotatable bonds is 6. The maximum Gasteiger partial charge on any atom is 0.261 e. The lowest BCUT2D eigenvalue weighted by molar-refractivity contribution is 0.196. The van der Waals surface area contributed by atoms with Crippen molar-refractivity contribution in [3.05, 3.63) is 40.4 Å². The summed E-state index contributed by atoms with van der Waals surface area (Å²) in [5, 5.41) is 3.99. The van der Waals surface area contributed by atoms with Gasteiger partial charge in [-0.25, -0.2) is 4.98 Å². The van der Waals surface area contributed by atoms with E-state index in [0.29, 0.717) is 18.5 Å². The van der Waals surface area contributed by atoms with E-state index < -0.39 is 0 Å². The summed E-state index contributed by atoms with van der Waals surface area (Å²) in [6.07, 6.45) is 0. The van der Waals surface area contributed by atoms with Gasteiger partial charge in [-0.15, -0.1) is 0 Å². The smallest absolute Gasteiger partial charge is 0.261 e. The molecule has 1 aromatic carbocycles. The van der Waals surface area contributed by atoms with Crippen molar-refractivity contribution < 1.29 is 4.74 Å². The number of hydrogen-bond acceptors (Lipinski definition) is 4. The first kappa shape index (κ1) is 14.7. The Morgan fingerprint density at radius 2 is 2.15 bits per heavy atom. The van der Waals surface area contributed by atoms with Crippen LogP contribution >= 0.6 is 0 Å². The number of nitrogens with one attached hydrogen (secondary N) is 1. The first-order valence-corrected chi connectivity index (χ1v) is 6.90. The van der Waals surface area contributed by atoms with Gasteiger partial charge in [0.25, 0.3) is 5.56 Å². The van der Waals surface area contributed by atoms with Gasteiger partial charge in [-0.2, -0.15) is 0 Å². The van der Waals surface area contributed by atoms with Crippen LogP contribution in [0.25, 0.3) is 10.9 Å². The molecule has 0 radical (unpaired) electrons. The van der Waals surface area contributed by atoms with Gasteiger partial charge in [0.1, 0.15) is 5.82 Å². The van der Waals surface area contributed by atoms with Crippen molar-refractivity contribution in [1.82, 2.24) is 14.9 Å². The minimum Gasteiger partial charge on any atom is -0.383 e. The predicted molar refractivity (Wildman–Crippen MR) is 80.0 cm³/mol. The lowest BCUT2D eigenvalue weighted by Gasteiger charge is -2.18. The van der Waals surface area contributed by atoms with E-state index in [4.69, 9.17) is 4.74 Å². The Balaban J connectivity index is 2.43. The molecule has 0 aliphatic heterocycles. The summed E-state index contributed by atoms with van der Waals surface area (Å²) in [5.41, 5.74) is 0.770. The molecule has 0 fully saturated rings. The van der Waals surface area contributed by atoms with E-state index in [-0.39, 0.29) is 11.6 Å². The van der Waals surface area contributed by atoms with Crippen LogP contribution in [0.15, 0.2) is 29.1 Å². The van der Waals surface area contributed by atoms with Gasteiger partial charge in [0.05, 0.1) is 23.6 Å². The van der Waals surface area contributed by atoms with Gasteiger partial charge < -0.3 is 10.1 Å². The Bertz CT molecular complexity index is 637. The van der Waals surface area contributed by atoms with Gasteiger partial charge in [-0.1, -0.05) is 12.1 Å². The van der Waals surface area contributed by atoms with Crippen LogP contribution in [0.1, 0.15) is 25.7 Å². The van der Waals surface area contributed by atoms with Crippen molar-refractivity contribution in [3.63, 3.8) is 0 Å². The molecular formula is C15H21N3O2. The molecule has 0 bridgehead atoms. The second-order valence-corrected chi connectivity index (χ2v) is 4.71.